The van der Waals surface area contributed by atoms with Crippen LogP contribution in [0.25, 0.3) is 11.0 Å². The third-order valence-electron chi connectivity index (χ3n) is 2.18. The van der Waals surface area contributed by atoms with Crippen LogP contribution < -0.4 is 5.26 Å². The van der Waals surface area contributed by atoms with Gasteiger partial charge in [-0.25, -0.2) is 4.79 Å². The van der Waals surface area contributed by atoms with E-state index < -0.39 is 0 Å². The predicted octanol–water partition coefficient (Wildman–Crippen LogP) is 1.80. The lowest BCUT2D eigenvalue weighted by Gasteiger charge is -2.01. The van der Waals surface area contributed by atoms with Crippen LogP contribution in [0.15, 0.2) is 28.7 Å². The smallest absolute Gasteiger partial charge is 0.338 e. The maximum absolute atomic E-state index is 11.6. The summed E-state index contributed by atoms with van der Waals surface area (Å²) >= 11 is 0. The third-order valence-corrected chi connectivity index (χ3v) is 2.18. The minimum absolute atomic E-state index is 0.302. The van der Waals surface area contributed by atoms with Gasteiger partial charge in [-0.05, 0) is 32.0 Å². The number of rotatable bonds is 2. The first kappa shape index (κ1) is 13.7. The molecule has 0 fully saturated rings. The number of fused-ring (bicyclic) bond motifs is 1. The molecule has 0 aliphatic rings. The summed E-state index contributed by atoms with van der Waals surface area (Å²) in [5.41, 5.74) is 1.28. The van der Waals surface area contributed by atoms with Gasteiger partial charge in [0.1, 0.15) is 11.3 Å². The van der Waals surface area contributed by atoms with Gasteiger partial charge >= 0.3 is 5.97 Å². The van der Waals surface area contributed by atoms with Gasteiger partial charge in [-0.1, -0.05) is 16.3 Å². The van der Waals surface area contributed by atoms with E-state index in [4.69, 9.17) is 19.4 Å². The maximum Gasteiger partial charge on any atom is 0.338 e. The van der Waals surface area contributed by atoms with Gasteiger partial charge in [-0.15, -0.1) is 0 Å². The Bertz CT molecular complexity index is 542. The fourth-order valence-corrected chi connectivity index (χ4v) is 1.57. The van der Waals surface area contributed by atoms with Crippen LogP contribution in [0, 0.1) is 16.6 Å². The van der Waals surface area contributed by atoms with Crippen molar-refractivity contribution in [3.8, 4) is 0 Å². The van der Waals surface area contributed by atoms with Crippen LogP contribution in [0.3, 0.4) is 0 Å². The van der Waals surface area contributed by atoms with E-state index in [1.54, 1.807) is 23.8 Å². The molecule has 2 rings (SSSR count). The molecular formula is C12H12O6. The van der Waals surface area contributed by atoms with Crippen molar-refractivity contribution in [3.63, 3.8) is 0 Å². The first-order valence-electron chi connectivity index (χ1n) is 5.22. The van der Waals surface area contributed by atoms with Gasteiger partial charge in [0.2, 0.25) is 0 Å². The molecule has 2 aromatic rings. The number of hydrogen-bond acceptors (Lipinski definition) is 5. The molecule has 0 unspecified atom stereocenters. The Morgan fingerprint density at radius 3 is 2.78 bits per heavy atom. The van der Waals surface area contributed by atoms with E-state index in [2.05, 4.69) is 0 Å². The van der Waals surface area contributed by atoms with Crippen LogP contribution in [0.5, 0.6) is 0 Å². The summed E-state index contributed by atoms with van der Waals surface area (Å²) in [6.45, 7) is 4.03. The second-order valence-electron chi connectivity index (χ2n) is 3.36. The van der Waals surface area contributed by atoms with Crippen molar-refractivity contribution in [2.75, 3.05) is 6.61 Å². The van der Waals surface area contributed by atoms with E-state index in [0.29, 0.717) is 12.2 Å². The van der Waals surface area contributed by atoms with Crippen molar-refractivity contribution in [1.82, 2.24) is 0 Å². The molecule has 18 heavy (non-hydrogen) atoms. The Morgan fingerprint density at radius 2 is 2.17 bits per heavy atom. The lowest BCUT2D eigenvalue weighted by Crippen LogP contribution is -2.04. The average Bonchev–Trinajstić information content (AvgIpc) is 2.70. The first-order chi connectivity index (χ1) is 8.63. The summed E-state index contributed by atoms with van der Waals surface area (Å²) in [6.07, 6.45) is 0. The van der Waals surface area contributed by atoms with Gasteiger partial charge in [0.25, 0.3) is 0 Å². The van der Waals surface area contributed by atoms with Crippen LogP contribution in [-0.2, 0) is 4.74 Å². The fourth-order valence-electron chi connectivity index (χ4n) is 1.57. The number of hydrogen-bond donors (Lipinski definition) is 0. The highest BCUT2D eigenvalue weighted by molar-refractivity contribution is 6.03. The number of carbonyl (C=O) groups is 1. The van der Waals surface area contributed by atoms with E-state index in [9.17, 15) is 4.79 Å². The number of carbonyl (C=O) groups excluding carboxylic acids is 1. The van der Waals surface area contributed by atoms with Gasteiger partial charge in [-0.2, -0.15) is 0 Å². The predicted molar refractivity (Wildman–Crippen MR) is 63.6 cm³/mol. The first-order valence-corrected chi connectivity index (χ1v) is 5.22. The zero-order chi connectivity index (χ0) is 13.5. The molecule has 0 bridgehead atoms. The Balaban J connectivity index is 0.000000492. The van der Waals surface area contributed by atoms with E-state index in [1.807, 2.05) is 19.1 Å². The molecule has 1 heterocycles. The summed E-state index contributed by atoms with van der Waals surface area (Å²) < 4.78 is 12.1. The molecule has 0 saturated heterocycles. The minimum Gasteiger partial charge on any atom is -0.462 e. The van der Waals surface area contributed by atoms with Crippen LogP contribution in [0.2, 0.25) is 0 Å². The maximum atomic E-state index is 11.6. The van der Waals surface area contributed by atoms with Crippen LogP contribution in [0.1, 0.15) is 23.0 Å². The van der Waals surface area contributed by atoms with Crippen molar-refractivity contribution >= 4 is 16.9 Å². The Morgan fingerprint density at radius 1 is 1.50 bits per heavy atom. The molecule has 0 spiro atoms. The largest absolute Gasteiger partial charge is 0.462 e. The second kappa shape index (κ2) is 6.39. The SMILES string of the molecule is CCOC(=O)c1cccc2oc(C)cc12.O=[O+][O-]. The molecule has 0 aliphatic heterocycles. The fraction of sp³-hybridized carbons (Fsp3) is 0.250. The van der Waals surface area contributed by atoms with Crippen molar-refractivity contribution in [2.24, 2.45) is 0 Å². The number of esters is 1. The van der Waals surface area contributed by atoms with Crippen molar-refractivity contribution in [1.29, 1.82) is 0 Å². The highest BCUT2D eigenvalue weighted by Gasteiger charge is 2.12. The molecule has 6 nitrogen and oxygen atoms in total. The summed E-state index contributed by atoms with van der Waals surface area (Å²) in [7, 11) is 0. The van der Waals surface area contributed by atoms with E-state index in [0.717, 1.165) is 16.7 Å². The number of furan rings is 1. The second-order valence-corrected chi connectivity index (χ2v) is 3.36. The molecule has 6 heteroatoms. The number of ether oxygens (including phenoxy) is 1. The summed E-state index contributed by atoms with van der Waals surface area (Å²) in [4.78, 5) is 19.5. The van der Waals surface area contributed by atoms with E-state index in [-0.39, 0.29) is 5.97 Å². The Labute approximate surface area is 103 Å². The van der Waals surface area contributed by atoms with Gasteiger partial charge in [-0.3, -0.25) is 0 Å². The van der Waals surface area contributed by atoms with Crippen LogP contribution >= 0.6 is 0 Å². The van der Waals surface area contributed by atoms with Crippen LogP contribution in [0.4, 0.5) is 0 Å². The highest BCUT2D eigenvalue weighted by atomic mass is 17.2. The molecule has 0 aliphatic carbocycles. The summed E-state index contributed by atoms with van der Waals surface area (Å²) in [6, 6.07) is 7.22. The Kier molecular flexibility index (Phi) is 4.86. The number of benzene rings is 1. The van der Waals surface area contributed by atoms with Crippen molar-refractivity contribution in [2.45, 2.75) is 13.8 Å². The summed E-state index contributed by atoms with van der Waals surface area (Å²) in [5, 5.41) is 8.69. The molecule has 0 amide bonds. The molecule has 1 aromatic carbocycles. The van der Waals surface area contributed by atoms with Crippen molar-refractivity contribution < 1.29 is 19.2 Å². The van der Waals surface area contributed by atoms with E-state index >= 15 is 0 Å². The molecule has 0 atom stereocenters. The lowest BCUT2D eigenvalue weighted by molar-refractivity contribution is -0.284. The zero-order valence-electron chi connectivity index (χ0n) is 9.97. The van der Waals surface area contributed by atoms with Gasteiger partial charge in [0, 0.05) is 5.39 Å². The standard InChI is InChI=1S/C12H12O3.O3/c1-3-14-12(13)9-5-4-6-11-10(9)7-8(2)15-11;1-3-2/h4-7H,3H2,1-2H3;. The lowest BCUT2D eigenvalue weighted by atomic mass is 10.1. The van der Waals surface area contributed by atoms with Gasteiger partial charge < -0.3 is 9.15 Å². The molecule has 0 N–H and O–H groups in total. The number of aryl methyl sites for hydroxylation is 1. The van der Waals surface area contributed by atoms with Gasteiger partial charge in [0.05, 0.1) is 12.2 Å². The van der Waals surface area contributed by atoms with Gasteiger partial charge in [0.15, 0.2) is 4.75 Å². The molecule has 1 aromatic heterocycles. The quantitative estimate of drug-likeness (QED) is 0.351. The summed E-state index contributed by atoms with van der Waals surface area (Å²) in [5.74, 6) is 0.491. The van der Waals surface area contributed by atoms with E-state index in [1.165, 1.54) is 0 Å². The monoisotopic (exact) mass is 252 g/mol. The topological polar surface area (TPSA) is 90.9 Å². The molecule has 0 saturated carbocycles. The molecule has 96 valence electrons. The Hall–Kier alpha value is -2.37. The molecular weight excluding hydrogens is 240 g/mol. The average molecular weight is 252 g/mol. The normalized spacial score (nSPS) is 9.44. The highest BCUT2D eigenvalue weighted by Crippen LogP contribution is 2.23. The van der Waals surface area contributed by atoms with Crippen LogP contribution in [-0.4, -0.2) is 12.6 Å². The zero-order valence-corrected chi connectivity index (χ0v) is 9.97. The third kappa shape index (κ3) is 3.07. The minimum atomic E-state index is -0.302. The van der Waals surface area contributed by atoms with Crippen molar-refractivity contribution in [3.05, 3.63) is 45.3 Å². The molecule has 0 radical (unpaired) electrons.